The van der Waals surface area contributed by atoms with E-state index in [1.165, 1.54) is 4.31 Å². The highest BCUT2D eigenvalue weighted by molar-refractivity contribution is 7.89. The van der Waals surface area contributed by atoms with Crippen molar-refractivity contribution in [2.75, 3.05) is 13.1 Å². The molecule has 1 saturated heterocycles. The standard InChI is InChI=1S/C13H19NO3S/c1-10-4-6-11(7-5-10)18(16,17)14-8-12(15)13(2,3)9-14/h4-7,12,15H,8-9H2,1-3H3. The highest BCUT2D eigenvalue weighted by Gasteiger charge is 2.43. The van der Waals surface area contributed by atoms with Crippen molar-refractivity contribution in [3.05, 3.63) is 29.8 Å². The van der Waals surface area contributed by atoms with Crippen molar-refractivity contribution in [3.63, 3.8) is 0 Å². The molecular formula is C13H19NO3S. The van der Waals surface area contributed by atoms with Gasteiger partial charge in [-0.25, -0.2) is 8.42 Å². The van der Waals surface area contributed by atoms with E-state index in [1.807, 2.05) is 20.8 Å². The van der Waals surface area contributed by atoms with Crippen LogP contribution < -0.4 is 0 Å². The minimum absolute atomic E-state index is 0.170. The van der Waals surface area contributed by atoms with Crippen LogP contribution in [0.15, 0.2) is 29.2 Å². The van der Waals surface area contributed by atoms with Crippen molar-refractivity contribution < 1.29 is 13.5 Å². The predicted molar refractivity (Wildman–Crippen MR) is 69.7 cm³/mol. The van der Waals surface area contributed by atoms with Crippen LogP contribution in [0.2, 0.25) is 0 Å². The van der Waals surface area contributed by atoms with Crippen LogP contribution in [0.5, 0.6) is 0 Å². The molecule has 0 radical (unpaired) electrons. The Bertz CT molecular complexity index is 534. The molecule has 4 nitrogen and oxygen atoms in total. The summed E-state index contributed by atoms with van der Waals surface area (Å²) in [4.78, 5) is 0.290. The topological polar surface area (TPSA) is 57.6 Å². The molecule has 0 saturated carbocycles. The van der Waals surface area contributed by atoms with Crippen molar-refractivity contribution >= 4 is 10.0 Å². The molecule has 1 aromatic carbocycles. The molecule has 1 aromatic rings. The molecule has 5 heteroatoms. The van der Waals surface area contributed by atoms with E-state index >= 15 is 0 Å². The smallest absolute Gasteiger partial charge is 0.243 e. The second-order valence-corrected chi connectivity index (χ2v) is 7.55. The van der Waals surface area contributed by atoms with Gasteiger partial charge in [-0.15, -0.1) is 0 Å². The number of hydrogen-bond donors (Lipinski definition) is 1. The summed E-state index contributed by atoms with van der Waals surface area (Å²) in [6, 6.07) is 6.79. The molecule has 1 aliphatic heterocycles. The second kappa shape index (κ2) is 4.33. The van der Waals surface area contributed by atoms with Crippen LogP contribution in [0.4, 0.5) is 0 Å². The third-order valence-electron chi connectivity index (χ3n) is 3.52. The Hall–Kier alpha value is -0.910. The molecule has 2 rings (SSSR count). The first-order chi connectivity index (χ1) is 8.23. The quantitative estimate of drug-likeness (QED) is 0.882. The van der Waals surface area contributed by atoms with E-state index in [2.05, 4.69) is 0 Å². The van der Waals surface area contributed by atoms with E-state index in [-0.39, 0.29) is 11.4 Å². The number of β-amino-alcohol motifs (C(OH)–C–C–N with tert-alkyl or cyclic N) is 1. The minimum Gasteiger partial charge on any atom is -0.391 e. The van der Waals surface area contributed by atoms with Crippen LogP contribution >= 0.6 is 0 Å². The summed E-state index contributed by atoms with van der Waals surface area (Å²) in [6.07, 6.45) is -0.613. The molecule has 1 fully saturated rings. The maximum absolute atomic E-state index is 12.4. The SMILES string of the molecule is Cc1ccc(S(=O)(=O)N2CC(O)C(C)(C)C2)cc1. The fourth-order valence-corrected chi connectivity index (χ4v) is 3.73. The number of nitrogens with zero attached hydrogens (tertiary/aromatic N) is 1. The van der Waals surface area contributed by atoms with E-state index in [0.717, 1.165) is 5.56 Å². The average Bonchev–Trinajstić information content (AvgIpc) is 2.55. The van der Waals surface area contributed by atoms with Gasteiger partial charge < -0.3 is 5.11 Å². The lowest BCUT2D eigenvalue weighted by atomic mass is 9.90. The summed E-state index contributed by atoms with van der Waals surface area (Å²) in [5.74, 6) is 0. The highest BCUT2D eigenvalue weighted by Crippen LogP contribution is 2.33. The van der Waals surface area contributed by atoms with Gasteiger partial charge in [-0.05, 0) is 19.1 Å². The lowest BCUT2D eigenvalue weighted by Gasteiger charge is -2.21. The Morgan fingerprint density at radius 2 is 1.83 bits per heavy atom. The predicted octanol–water partition coefficient (Wildman–Crippen LogP) is 1.39. The van der Waals surface area contributed by atoms with Crippen LogP contribution in [-0.4, -0.2) is 37.0 Å². The van der Waals surface area contributed by atoms with Crippen molar-refractivity contribution in [2.45, 2.75) is 31.8 Å². The molecule has 0 aliphatic carbocycles. The lowest BCUT2D eigenvalue weighted by molar-refractivity contribution is 0.0960. The fraction of sp³-hybridized carbons (Fsp3) is 0.538. The normalized spacial score (nSPS) is 24.3. The zero-order valence-corrected chi connectivity index (χ0v) is 11.7. The van der Waals surface area contributed by atoms with Crippen molar-refractivity contribution in [2.24, 2.45) is 5.41 Å². The summed E-state index contributed by atoms with van der Waals surface area (Å²) in [5, 5.41) is 9.88. The molecule has 0 aromatic heterocycles. The molecule has 1 aliphatic rings. The van der Waals surface area contributed by atoms with Gasteiger partial charge in [0.1, 0.15) is 0 Å². The van der Waals surface area contributed by atoms with Gasteiger partial charge >= 0.3 is 0 Å². The number of rotatable bonds is 2. The van der Waals surface area contributed by atoms with E-state index in [9.17, 15) is 13.5 Å². The minimum atomic E-state index is -3.49. The summed E-state index contributed by atoms with van der Waals surface area (Å²) >= 11 is 0. The Morgan fingerprint density at radius 1 is 1.28 bits per heavy atom. The van der Waals surface area contributed by atoms with Gasteiger partial charge in [-0.2, -0.15) is 4.31 Å². The lowest BCUT2D eigenvalue weighted by Crippen LogP contribution is -2.30. The summed E-state index contributed by atoms with van der Waals surface area (Å²) in [7, 11) is -3.49. The Balaban J connectivity index is 2.31. The summed E-state index contributed by atoms with van der Waals surface area (Å²) in [6.45, 7) is 6.19. The van der Waals surface area contributed by atoms with Gasteiger partial charge in [0.05, 0.1) is 11.0 Å². The van der Waals surface area contributed by atoms with Gasteiger partial charge in [0.15, 0.2) is 0 Å². The number of aliphatic hydroxyl groups excluding tert-OH is 1. The second-order valence-electron chi connectivity index (χ2n) is 5.61. The van der Waals surface area contributed by atoms with E-state index in [4.69, 9.17) is 0 Å². The molecule has 0 spiro atoms. The van der Waals surface area contributed by atoms with Crippen molar-refractivity contribution in [1.29, 1.82) is 0 Å². The molecule has 0 amide bonds. The third kappa shape index (κ3) is 2.30. The number of aryl methyl sites for hydroxylation is 1. The van der Waals surface area contributed by atoms with Crippen molar-refractivity contribution in [1.82, 2.24) is 4.31 Å². The average molecular weight is 269 g/mol. The molecule has 1 atom stereocenters. The van der Waals surface area contributed by atoms with E-state index < -0.39 is 21.5 Å². The number of benzene rings is 1. The Labute approximate surface area is 108 Å². The van der Waals surface area contributed by atoms with Gasteiger partial charge in [-0.3, -0.25) is 0 Å². The Morgan fingerprint density at radius 3 is 2.28 bits per heavy atom. The monoisotopic (exact) mass is 269 g/mol. The van der Waals surface area contributed by atoms with Crippen LogP contribution in [0.1, 0.15) is 19.4 Å². The molecule has 1 N–H and O–H groups in total. The molecule has 1 heterocycles. The molecule has 1 unspecified atom stereocenters. The molecule has 100 valence electrons. The van der Waals surface area contributed by atoms with Gasteiger partial charge in [0.25, 0.3) is 0 Å². The third-order valence-corrected chi connectivity index (χ3v) is 5.35. The largest absolute Gasteiger partial charge is 0.391 e. The fourth-order valence-electron chi connectivity index (χ4n) is 2.11. The van der Waals surface area contributed by atoms with Gasteiger partial charge in [0.2, 0.25) is 10.0 Å². The zero-order valence-electron chi connectivity index (χ0n) is 10.9. The van der Waals surface area contributed by atoms with E-state index in [1.54, 1.807) is 24.3 Å². The van der Waals surface area contributed by atoms with Crippen LogP contribution in [0.25, 0.3) is 0 Å². The van der Waals surface area contributed by atoms with Gasteiger partial charge in [0, 0.05) is 18.5 Å². The van der Waals surface area contributed by atoms with E-state index in [0.29, 0.717) is 6.54 Å². The summed E-state index contributed by atoms with van der Waals surface area (Å²) in [5.41, 5.74) is 0.633. The first-order valence-electron chi connectivity index (χ1n) is 5.98. The van der Waals surface area contributed by atoms with Gasteiger partial charge in [-0.1, -0.05) is 31.5 Å². The number of sulfonamides is 1. The van der Waals surface area contributed by atoms with Crippen LogP contribution in [0.3, 0.4) is 0 Å². The Kier molecular flexibility index (Phi) is 3.25. The zero-order chi connectivity index (χ0) is 13.6. The van der Waals surface area contributed by atoms with Crippen LogP contribution in [-0.2, 0) is 10.0 Å². The first kappa shape index (κ1) is 13.5. The molecule has 18 heavy (non-hydrogen) atoms. The number of hydrogen-bond acceptors (Lipinski definition) is 3. The molecule has 0 bridgehead atoms. The first-order valence-corrected chi connectivity index (χ1v) is 7.42. The number of aliphatic hydroxyl groups is 1. The molecular weight excluding hydrogens is 250 g/mol. The van der Waals surface area contributed by atoms with Crippen LogP contribution in [0, 0.1) is 12.3 Å². The maximum Gasteiger partial charge on any atom is 0.243 e. The maximum atomic E-state index is 12.4. The summed E-state index contributed by atoms with van der Waals surface area (Å²) < 4.78 is 26.2. The highest BCUT2D eigenvalue weighted by atomic mass is 32.2. The van der Waals surface area contributed by atoms with Crippen molar-refractivity contribution in [3.8, 4) is 0 Å².